The molecule has 0 fully saturated rings. The summed E-state index contributed by atoms with van der Waals surface area (Å²) in [6, 6.07) is 21.5. The van der Waals surface area contributed by atoms with E-state index in [-0.39, 0.29) is 0 Å². The van der Waals surface area contributed by atoms with Gasteiger partial charge in [0.15, 0.2) is 0 Å². The molecule has 0 radical (unpaired) electrons. The predicted octanol–water partition coefficient (Wildman–Crippen LogP) is 5.38. The van der Waals surface area contributed by atoms with E-state index in [9.17, 15) is 0 Å². The molecule has 0 aliphatic carbocycles. The lowest BCUT2D eigenvalue weighted by Crippen LogP contribution is -2.29. The molecule has 0 heterocycles. The molecular weight excluding hydrogens is 306 g/mol. The van der Waals surface area contributed by atoms with E-state index in [1.54, 1.807) is 0 Å². The molecule has 0 aliphatic rings. The van der Waals surface area contributed by atoms with Gasteiger partial charge in [-0.3, -0.25) is 0 Å². The maximum Gasteiger partial charge on any atom is 0.0679 e. The zero-order valence-electron chi connectivity index (χ0n) is 13.4. The minimum atomic E-state index is 0.558. The minimum absolute atomic E-state index is 0.558. The number of rotatable bonds is 9. The molecule has 0 aromatic heterocycles. The fraction of sp³-hybridized carbons (Fsp3) is 0.368. The second kappa shape index (κ2) is 9.98. The molecular formula is C19H25NS2. The van der Waals surface area contributed by atoms with Crippen LogP contribution in [0.4, 0.5) is 0 Å². The van der Waals surface area contributed by atoms with Crippen LogP contribution in [0.25, 0.3) is 0 Å². The minimum Gasteiger partial charge on any atom is -0.302 e. The molecule has 0 N–H and O–H groups in total. The van der Waals surface area contributed by atoms with Gasteiger partial charge in [0.1, 0.15) is 0 Å². The number of nitrogens with zero attached hydrogens (tertiary/aromatic N) is 1. The summed E-state index contributed by atoms with van der Waals surface area (Å²) in [5, 5.41) is 0. The molecule has 0 spiro atoms. The van der Waals surface area contributed by atoms with Crippen molar-refractivity contribution in [2.75, 3.05) is 19.6 Å². The van der Waals surface area contributed by atoms with Crippen molar-refractivity contribution in [2.45, 2.75) is 29.1 Å². The van der Waals surface area contributed by atoms with Crippen LogP contribution in [-0.2, 0) is 5.75 Å². The van der Waals surface area contributed by atoms with Crippen molar-refractivity contribution >= 4 is 23.5 Å². The third-order valence-electron chi connectivity index (χ3n) is 3.59. The second-order valence-corrected chi connectivity index (χ2v) is 7.91. The van der Waals surface area contributed by atoms with Gasteiger partial charge in [0.25, 0.3) is 0 Å². The first-order valence-corrected chi connectivity index (χ1v) is 9.84. The van der Waals surface area contributed by atoms with E-state index < -0.39 is 0 Å². The maximum atomic E-state index is 2.51. The van der Waals surface area contributed by atoms with Crippen molar-refractivity contribution in [3.63, 3.8) is 0 Å². The van der Waals surface area contributed by atoms with Crippen molar-refractivity contribution in [3.05, 3.63) is 66.2 Å². The van der Waals surface area contributed by atoms with Crippen LogP contribution in [0.2, 0.25) is 0 Å². The van der Waals surface area contributed by atoms with Gasteiger partial charge in [-0.05, 0) is 30.8 Å². The molecule has 2 rings (SSSR count). The van der Waals surface area contributed by atoms with Gasteiger partial charge in [0, 0.05) is 17.2 Å². The predicted molar refractivity (Wildman–Crippen MR) is 102 cm³/mol. The van der Waals surface area contributed by atoms with E-state index in [4.69, 9.17) is 0 Å². The van der Waals surface area contributed by atoms with Gasteiger partial charge in [-0.1, -0.05) is 62.4 Å². The molecule has 118 valence electrons. The Hall–Kier alpha value is -0.900. The molecule has 0 bridgehead atoms. The van der Waals surface area contributed by atoms with E-state index in [0.717, 1.165) is 25.4 Å². The quantitative estimate of drug-likeness (QED) is 0.448. The first kappa shape index (κ1) is 17.5. The van der Waals surface area contributed by atoms with Crippen LogP contribution < -0.4 is 0 Å². The monoisotopic (exact) mass is 331 g/mol. The first-order valence-electron chi connectivity index (χ1n) is 7.91. The van der Waals surface area contributed by atoms with E-state index >= 15 is 0 Å². The highest BCUT2D eigenvalue weighted by atomic mass is 32.2. The zero-order valence-corrected chi connectivity index (χ0v) is 15.1. The summed E-state index contributed by atoms with van der Waals surface area (Å²) < 4.78 is 0.558. The van der Waals surface area contributed by atoms with Gasteiger partial charge < -0.3 is 4.90 Å². The SMILES string of the molecule is CCN(CC)CC(SCc1ccccc1)Sc1ccccc1. The van der Waals surface area contributed by atoms with E-state index in [0.29, 0.717) is 4.58 Å². The molecule has 0 saturated heterocycles. The summed E-state index contributed by atoms with van der Waals surface area (Å²) >= 11 is 4.04. The van der Waals surface area contributed by atoms with Crippen molar-refractivity contribution in [1.82, 2.24) is 4.90 Å². The molecule has 0 aliphatic heterocycles. The third kappa shape index (κ3) is 6.07. The van der Waals surface area contributed by atoms with Crippen LogP contribution in [0.15, 0.2) is 65.6 Å². The van der Waals surface area contributed by atoms with Crippen molar-refractivity contribution < 1.29 is 0 Å². The summed E-state index contributed by atoms with van der Waals surface area (Å²) in [6.45, 7) is 7.86. The van der Waals surface area contributed by atoms with Gasteiger partial charge in [0.2, 0.25) is 0 Å². The van der Waals surface area contributed by atoms with Crippen LogP contribution in [0.3, 0.4) is 0 Å². The number of hydrogen-bond acceptors (Lipinski definition) is 3. The van der Waals surface area contributed by atoms with E-state index in [2.05, 4.69) is 79.4 Å². The highest BCUT2D eigenvalue weighted by Crippen LogP contribution is 2.33. The summed E-state index contributed by atoms with van der Waals surface area (Å²) in [7, 11) is 0. The average molecular weight is 332 g/mol. The lowest BCUT2D eigenvalue weighted by molar-refractivity contribution is 0.319. The Morgan fingerprint density at radius 2 is 1.45 bits per heavy atom. The fourth-order valence-electron chi connectivity index (χ4n) is 2.23. The number of benzene rings is 2. The van der Waals surface area contributed by atoms with Gasteiger partial charge in [-0.15, -0.1) is 23.5 Å². The average Bonchev–Trinajstić information content (AvgIpc) is 2.59. The number of hydrogen-bond donors (Lipinski definition) is 0. The molecule has 2 aromatic rings. The molecule has 0 amide bonds. The summed E-state index contributed by atoms with van der Waals surface area (Å²) in [4.78, 5) is 3.87. The maximum absolute atomic E-state index is 2.51. The highest BCUT2D eigenvalue weighted by molar-refractivity contribution is 8.16. The topological polar surface area (TPSA) is 3.24 Å². The Labute approximate surface area is 143 Å². The standard InChI is InChI=1S/C19H25NS2/c1-3-20(4-2)15-19(22-18-13-9-6-10-14-18)21-16-17-11-7-5-8-12-17/h5-14,19H,3-4,15-16H2,1-2H3. The van der Waals surface area contributed by atoms with Crippen molar-refractivity contribution in [3.8, 4) is 0 Å². The number of thioether (sulfide) groups is 2. The molecule has 1 atom stereocenters. The molecule has 0 saturated carbocycles. The van der Waals surface area contributed by atoms with Crippen LogP contribution >= 0.6 is 23.5 Å². The van der Waals surface area contributed by atoms with Crippen LogP contribution in [0.1, 0.15) is 19.4 Å². The zero-order chi connectivity index (χ0) is 15.6. The largest absolute Gasteiger partial charge is 0.302 e. The summed E-state index contributed by atoms with van der Waals surface area (Å²) in [5.74, 6) is 1.08. The Morgan fingerprint density at radius 3 is 2.05 bits per heavy atom. The van der Waals surface area contributed by atoms with Gasteiger partial charge in [-0.25, -0.2) is 0 Å². The molecule has 1 nitrogen and oxygen atoms in total. The normalized spacial score (nSPS) is 12.5. The Balaban J connectivity index is 1.97. The molecule has 1 unspecified atom stereocenters. The second-order valence-electron chi connectivity index (χ2n) is 5.14. The van der Waals surface area contributed by atoms with Crippen LogP contribution in [0, 0.1) is 0 Å². The lowest BCUT2D eigenvalue weighted by atomic mass is 10.2. The van der Waals surface area contributed by atoms with Crippen LogP contribution in [-0.4, -0.2) is 29.1 Å². The van der Waals surface area contributed by atoms with Crippen LogP contribution in [0.5, 0.6) is 0 Å². The molecule has 2 aromatic carbocycles. The van der Waals surface area contributed by atoms with E-state index in [1.165, 1.54) is 10.5 Å². The van der Waals surface area contributed by atoms with Gasteiger partial charge in [0.05, 0.1) is 4.58 Å². The summed E-state index contributed by atoms with van der Waals surface area (Å²) in [5.41, 5.74) is 1.41. The Kier molecular flexibility index (Phi) is 7.92. The fourth-order valence-corrected chi connectivity index (χ4v) is 4.83. The third-order valence-corrected chi connectivity index (χ3v) is 6.27. The lowest BCUT2D eigenvalue weighted by Gasteiger charge is -2.24. The Morgan fingerprint density at radius 1 is 0.864 bits per heavy atom. The van der Waals surface area contributed by atoms with Gasteiger partial charge in [-0.2, -0.15) is 0 Å². The van der Waals surface area contributed by atoms with Gasteiger partial charge >= 0.3 is 0 Å². The Bertz CT molecular complexity index is 511. The van der Waals surface area contributed by atoms with Crippen molar-refractivity contribution in [1.29, 1.82) is 0 Å². The molecule has 22 heavy (non-hydrogen) atoms. The van der Waals surface area contributed by atoms with E-state index in [1.807, 2.05) is 23.5 Å². The first-order chi connectivity index (χ1) is 10.8. The summed E-state index contributed by atoms with van der Waals surface area (Å²) in [6.07, 6.45) is 0. The highest BCUT2D eigenvalue weighted by Gasteiger charge is 2.14. The molecule has 3 heteroatoms. The smallest absolute Gasteiger partial charge is 0.0679 e. The van der Waals surface area contributed by atoms with Crippen molar-refractivity contribution in [2.24, 2.45) is 0 Å².